The largest absolute Gasteiger partial charge is 0.497 e. The molecule has 9 rings (SSSR count). The first-order chi connectivity index (χ1) is 23.4. The highest BCUT2D eigenvalue weighted by atomic mass is 16.5. The summed E-state index contributed by atoms with van der Waals surface area (Å²) >= 11 is 0. The highest BCUT2D eigenvalue weighted by molar-refractivity contribution is 7.00. The van der Waals surface area contributed by atoms with Gasteiger partial charge in [0.25, 0.3) is 6.71 Å². The van der Waals surface area contributed by atoms with E-state index in [-0.39, 0.29) is 12.1 Å². The number of fused-ring (bicyclic) bond motifs is 6. The number of aromatic nitrogens is 1. The highest BCUT2D eigenvalue weighted by Gasteiger charge is 2.46. The van der Waals surface area contributed by atoms with E-state index in [0.29, 0.717) is 0 Å². The van der Waals surface area contributed by atoms with Crippen molar-refractivity contribution >= 4 is 68.3 Å². The van der Waals surface area contributed by atoms with Gasteiger partial charge in [0.15, 0.2) is 0 Å². The Morgan fingerprint density at radius 3 is 2.10 bits per heavy atom. The Morgan fingerprint density at radius 2 is 1.38 bits per heavy atom. The predicted octanol–water partition coefficient (Wildman–Crippen LogP) is 8.62. The lowest BCUT2D eigenvalue weighted by atomic mass is 9.35. The van der Waals surface area contributed by atoms with Crippen molar-refractivity contribution in [1.29, 1.82) is 0 Å². The lowest BCUT2D eigenvalue weighted by Gasteiger charge is -2.43. The minimum Gasteiger partial charge on any atom is -0.497 e. The van der Waals surface area contributed by atoms with Gasteiger partial charge in [-0.1, -0.05) is 99.6 Å². The summed E-state index contributed by atoms with van der Waals surface area (Å²) in [6.07, 6.45) is 0. The van der Waals surface area contributed by atoms with Crippen LogP contribution >= 0.6 is 0 Å². The van der Waals surface area contributed by atoms with E-state index in [9.17, 15) is 0 Å². The summed E-state index contributed by atoms with van der Waals surface area (Å²) in [6.45, 7) is 6.74. The second-order valence-electron chi connectivity index (χ2n) is 13.6. The van der Waals surface area contributed by atoms with Gasteiger partial charge in [-0.25, -0.2) is 0 Å². The van der Waals surface area contributed by atoms with Crippen molar-refractivity contribution in [2.75, 3.05) is 16.9 Å². The van der Waals surface area contributed by atoms with Gasteiger partial charge in [-0.2, -0.15) is 0 Å². The molecule has 0 radical (unpaired) electrons. The Hall–Kier alpha value is -5.86. The number of hydrogen-bond donors (Lipinski definition) is 0. The first-order valence-electron chi connectivity index (χ1n) is 16.5. The van der Waals surface area contributed by atoms with E-state index in [1.807, 2.05) is 12.1 Å². The van der Waals surface area contributed by atoms with Crippen LogP contribution in [0.4, 0.5) is 34.1 Å². The summed E-state index contributed by atoms with van der Waals surface area (Å²) in [5, 5.41) is 1.18. The molecule has 7 aromatic rings. The number of rotatable bonds is 4. The van der Waals surface area contributed by atoms with Gasteiger partial charge in [-0.3, -0.25) is 0 Å². The molecule has 0 unspecified atom stereocenters. The van der Waals surface area contributed by atoms with Crippen LogP contribution in [0.5, 0.6) is 5.75 Å². The molecule has 0 amide bonds. The standard InChI is InChI=1S/C43H34BN3O/c1-43(2,3)29-23-25-32(26-24-29)45-37-22-14-12-20-35(37)44-40-38(45)27-33(48-4)28-39(40)46(30-15-7-5-8-16-30)41-34-19-11-13-21-36(34)47(42(41)44)31-17-9-6-10-18-31/h5-7,9-15,17-28H,1-4H3. The zero-order valence-corrected chi connectivity index (χ0v) is 27.5. The number of anilines is 6. The smallest absolute Gasteiger partial charge is 0.273 e. The summed E-state index contributed by atoms with van der Waals surface area (Å²) in [4.78, 5) is 4.79. The van der Waals surface area contributed by atoms with Crippen LogP contribution in [0.3, 0.4) is 0 Å². The maximum Gasteiger partial charge on any atom is 0.273 e. The molecule has 0 saturated carbocycles. The van der Waals surface area contributed by atoms with Gasteiger partial charge in [-0.05, 0) is 76.5 Å². The molecule has 2 aliphatic heterocycles. The minimum absolute atomic E-state index is 0.0475. The molecule has 1 aromatic heterocycles. The Bertz CT molecular complexity index is 2320. The molecule has 4 nitrogen and oxygen atoms in total. The van der Waals surface area contributed by atoms with Crippen molar-refractivity contribution in [2.24, 2.45) is 0 Å². The van der Waals surface area contributed by atoms with Gasteiger partial charge < -0.3 is 19.1 Å². The second-order valence-corrected chi connectivity index (χ2v) is 13.6. The molecule has 2 aliphatic rings. The quantitative estimate of drug-likeness (QED) is 0.184. The zero-order chi connectivity index (χ0) is 32.6. The molecule has 0 fully saturated rings. The number of ether oxygens (including phenoxy) is 1. The third-order valence-electron chi connectivity index (χ3n) is 9.87. The summed E-state index contributed by atoms with van der Waals surface area (Å²) < 4.78 is 8.54. The summed E-state index contributed by atoms with van der Waals surface area (Å²) in [6, 6.07) is 54.6. The van der Waals surface area contributed by atoms with Crippen molar-refractivity contribution in [2.45, 2.75) is 26.2 Å². The zero-order valence-electron chi connectivity index (χ0n) is 27.5. The lowest BCUT2D eigenvalue weighted by Crippen LogP contribution is -2.62. The van der Waals surface area contributed by atoms with Crippen LogP contribution in [0.1, 0.15) is 26.3 Å². The monoisotopic (exact) mass is 619 g/mol. The maximum absolute atomic E-state index is 6.08. The predicted molar refractivity (Wildman–Crippen MR) is 200 cm³/mol. The summed E-state index contributed by atoms with van der Waals surface area (Å²) in [7, 11) is 1.76. The fourth-order valence-electron chi connectivity index (χ4n) is 7.72. The molecule has 0 spiro atoms. The molecule has 3 heterocycles. The van der Waals surface area contributed by atoms with Crippen molar-refractivity contribution in [1.82, 2.24) is 4.57 Å². The molecular weight excluding hydrogens is 585 g/mol. The molecule has 0 saturated heterocycles. The molecule has 230 valence electrons. The Kier molecular flexibility index (Phi) is 6.26. The van der Waals surface area contributed by atoms with E-state index >= 15 is 0 Å². The fourth-order valence-corrected chi connectivity index (χ4v) is 7.72. The first kappa shape index (κ1) is 28.4. The second kappa shape index (κ2) is 10.6. The minimum atomic E-state index is -0.0475. The van der Waals surface area contributed by atoms with E-state index < -0.39 is 0 Å². The lowest BCUT2D eigenvalue weighted by molar-refractivity contribution is 0.415. The van der Waals surface area contributed by atoms with Crippen LogP contribution in [-0.2, 0) is 5.41 Å². The van der Waals surface area contributed by atoms with Crippen molar-refractivity contribution in [3.05, 3.63) is 151 Å². The molecule has 0 bridgehead atoms. The average Bonchev–Trinajstić information content (AvgIpc) is 3.46. The van der Waals surface area contributed by atoms with Crippen molar-refractivity contribution in [3.63, 3.8) is 0 Å². The molecule has 0 atom stereocenters. The first-order valence-corrected chi connectivity index (χ1v) is 16.5. The van der Waals surface area contributed by atoms with Crippen LogP contribution in [0.15, 0.2) is 133 Å². The van der Waals surface area contributed by atoms with E-state index in [4.69, 9.17) is 4.74 Å². The van der Waals surface area contributed by atoms with Crippen LogP contribution in [0.25, 0.3) is 16.6 Å². The number of para-hydroxylation sites is 3. The van der Waals surface area contributed by atoms with Crippen LogP contribution in [0, 0.1) is 12.1 Å². The number of hydrogen-bond acceptors (Lipinski definition) is 3. The third-order valence-corrected chi connectivity index (χ3v) is 9.87. The fraction of sp³-hybridized carbons (Fsp3) is 0.116. The van der Waals surface area contributed by atoms with E-state index in [2.05, 4.69) is 169 Å². The van der Waals surface area contributed by atoms with Crippen LogP contribution in [-0.4, -0.2) is 18.4 Å². The van der Waals surface area contributed by atoms with Gasteiger partial charge in [0, 0.05) is 51.5 Å². The Morgan fingerprint density at radius 1 is 0.667 bits per heavy atom. The maximum atomic E-state index is 6.08. The Labute approximate surface area is 282 Å². The SMILES string of the molecule is COc1cc2c3c(c1)N(c1c#cccc1)c1c(n(-c4ccccc4)c4ccccc14)B3c1ccccc1N2c1ccc(C(C)(C)C)cc1. The van der Waals surface area contributed by atoms with Gasteiger partial charge in [0.05, 0.1) is 24.0 Å². The molecular formula is C43H34BN3O. The number of benzene rings is 5. The molecule has 6 aromatic carbocycles. The molecule has 0 N–H and O–H groups in total. The summed E-state index contributed by atoms with van der Waals surface area (Å²) in [5.41, 5.74) is 14.0. The van der Waals surface area contributed by atoms with Crippen molar-refractivity contribution in [3.8, 4) is 11.4 Å². The molecule has 5 heteroatoms. The van der Waals surface area contributed by atoms with E-state index in [1.54, 1.807) is 7.11 Å². The van der Waals surface area contributed by atoms with Gasteiger partial charge >= 0.3 is 0 Å². The topological polar surface area (TPSA) is 20.6 Å². The molecule has 0 aliphatic carbocycles. The van der Waals surface area contributed by atoms with Gasteiger partial charge in [0.2, 0.25) is 0 Å². The molecule has 48 heavy (non-hydrogen) atoms. The highest BCUT2D eigenvalue weighted by Crippen LogP contribution is 2.48. The van der Waals surface area contributed by atoms with E-state index in [0.717, 1.165) is 45.4 Å². The van der Waals surface area contributed by atoms with Gasteiger partial charge in [-0.15, -0.1) is 0 Å². The van der Waals surface area contributed by atoms with Crippen molar-refractivity contribution < 1.29 is 4.74 Å². The van der Waals surface area contributed by atoms with Gasteiger partial charge in [0.1, 0.15) is 5.75 Å². The Balaban J connectivity index is 1.43. The average molecular weight is 620 g/mol. The third kappa shape index (κ3) is 4.12. The summed E-state index contributed by atoms with van der Waals surface area (Å²) in [5.74, 6) is 0.804. The normalized spacial score (nSPS) is 13.1. The van der Waals surface area contributed by atoms with E-state index in [1.165, 1.54) is 33.2 Å². The number of methoxy groups -OCH3 is 1. The van der Waals surface area contributed by atoms with Crippen LogP contribution < -0.4 is 31.1 Å². The van der Waals surface area contributed by atoms with Crippen LogP contribution in [0.2, 0.25) is 0 Å². The number of nitrogens with zero attached hydrogens (tertiary/aromatic N) is 3.